The van der Waals surface area contributed by atoms with Gasteiger partial charge in [0, 0.05) is 26.2 Å². The number of nitrogens with zero attached hydrogens (tertiary/aromatic N) is 2. The molecule has 1 saturated heterocycles. The highest BCUT2D eigenvalue weighted by Gasteiger charge is 2.24. The summed E-state index contributed by atoms with van der Waals surface area (Å²) in [5.41, 5.74) is 4.36. The third-order valence-corrected chi connectivity index (χ3v) is 5.57. The van der Waals surface area contributed by atoms with Gasteiger partial charge in [-0.1, -0.05) is 29.8 Å². The van der Waals surface area contributed by atoms with Gasteiger partial charge in [-0.2, -0.15) is 0 Å². The fourth-order valence-electron chi connectivity index (χ4n) is 3.51. The summed E-state index contributed by atoms with van der Waals surface area (Å²) in [6.45, 7) is 10.0. The van der Waals surface area contributed by atoms with Crippen molar-refractivity contribution in [3.63, 3.8) is 0 Å². The number of hydrogen-bond acceptors (Lipinski definition) is 4. The predicted octanol–water partition coefficient (Wildman–Crippen LogP) is 3.05. The Kier molecular flexibility index (Phi) is 6.98. The summed E-state index contributed by atoms with van der Waals surface area (Å²) in [5, 5.41) is 0. The highest BCUT2D eigenvalue weighted by atomic mass is 16.5. The summed E-state index contributed by atoms with van der Waals surface area (Å²) >= 11 is 0. The zero-order valence-corrected chi connectivity index (χ0v) is 18.2. The molecule has 2 amide bonds. The van der Waals surface area contributed by atoms with Crippen LogP contribution in [0.3, 0.4) is 0 Å². The van der Waals surface area contributed by atoms with Crippen molar-refractivity contribution in [3.8, 4) is 11.5 Å². The maximum atomic E-state index is 12.5. The van der Waals surface area contributed by atoms with Crippen molar-refractivity contribution in [2.75, 3.05) is 39.4 Å². The van der Waals surface area contributed by atoms with Gasteiger partial charge >= 0.3 is 0 Å². The molecular weight excluding hydrogens is 380 g/mol. The van der Waals surface area contributed by atoms with Gasteiger partial charge in [0.05, 0.1) is 0 Å². The molecule has 6 heteroatoms. The molecule has 1 heterocycles. The number of aryl methyl sites for hydroxylation is 3. The Morgan fingerprint density at radius 2 is 1.33 bits per heavy atom. The van der Waals surface area contributed by atoms with E-state index in [2.05, 4.69) is 0 Å². The normalized spacial score (nSPS) is 13.9. The van der Waals surface area contributed by atoms with Gasteiger partial charge in [-0.15, -0.1) is 0 Å². The quantitative estimate of drug-likeness (QED) is 0.735. The topological polar surface area (TPSA) is 59.1 Å². The fraction of sp³-hybridized carbons (Fsp3) is 0.417. The van der Waals surface area contributed by atoms with Crippen LogP contribution in [-0.4, -0.2) is 61.0 Å². The molecule has 0 spiro atoms. The molecular formula is C24H30N2O4. The molecule has 1 fully saturated rings. The number of carbonyl (C=O) groups is 2. The third-order valence-electron chi connectivity index (χ3n) is 5.57. The predicted molar refractivity (Wildman–Crippen MR) is 116 cm³/mol. The first-order valence-corrected chi connectivity index (χ1v) is 10.3. The van der Waals surface area contributed by atoms with E-state index in [0.29, 0.717) is 26.2 Å². The van der Waals surface area contributed by atoms with Crippen LogP contribution in [-0.2, 0) is 9.59 Å². The van der Waals surface area contributed by atoms with E-state index in [9.17, 15) is 9.59 Å². The van der Waals surface area contributed by atoms with Gasteiger partial charge in [0.25, 0.3) is 11.8 Å². The number of rotatable bonds is 6. The lowest BCUT2D eigenvalue weighted by atomic mass is 10.1. The fourth-order valence-corrected chi connectivity index (χ4v) is 3.51. The maximum absolute atomic E-state index is 12.5. The summed E-state index contributed by atoms with van der Waals surface area (Å²) in [4.78, 5) is 28.5. The van der Waals surface area contributed by atoms with E-state index in [-0.39, 0.29) is 25.0 Å². The number of piperazine rings is 1. The molecule has 160 valence electrons. The Balaban J connectivity index is 1.44. The zero-order valence-electron chi connectivity index (χ0n) is 18.2. The minimum Gasteiger partial charge on any atom is -0.484 e. The van der Waals surface area contributed by atoms with Crippen molar-refractivity contribution < 1.29 is 19.1 Å². The molecule has 1 aliphatic rings. The van der Waals surface area contributed by atoms with Crippen LogP contribution in [0, 0.1) is 27.7 Å². The van der Waals surface area contributed by atoms with Gasteiger partial charge in [0.15, 0.2) is 13.2 Å². The zero-order chi connectivity index (χ0) is 21.7. The molecule has 0 bridgehead atoms. The minimum atomic E-state index is -0.0614. The van der Waals surface area contributed by atoms with E-state index in [1.165, 1.54) is 0 Å². The summed E-state index contributed by atoms with van der Waals surface area (Å²) in [5.74, 6) is 1.34. The highest BCUT2D eigenvalue weighted by Crippen LogP contribution is 2.21. The molecule has 30 heavy (non-hydrogen) atoms. The van der Waals surface area contributed by atoms with Gasteiger partial charge in [-0.25, -0.2) is 0 Å². The Morgan fingerprint density at radius 1 is 0.767 bits per heavy atom. The second-order valence-electron chi connectivity index (χ2n) is 7.81. The maximum Gasteiger partial charge on any atom is 0.260 e. The second kappa shape index (κ2) is 9.65. The lowest BCUT2D eigenvalue weighted by molar-refractivity contribution is -0.141. The highest BCUT2D eigenvalue weighted by molar-refractivity contribution is 5.80. The molecule has 3 rings (SSSR count). The van der Waals surface area contributed by atoms with Crippen LogP contribution >= 0.6 is 0 Å². The Labute approximate surface area is 178 Å². The van der Waals surface area contributed by atoms with Crippen LogP contribution in [0.5, 0.6) is 11.5 Å². The third kappa shape index (κ3) is 5.32. The van der Waals surface area contributed by atoms with E-state index in [0.717, 1.165) is 33.8 Å². The van der Waals surface area contributed by atoms with Crippen molar-refractivity contribution in [3.05, 3.63) is 58.7 Å². The van der Waals surface area contributed by atoms with E-state index in [1.807, 2.05) is 64.1 Å². The first-order valence-electron chi connectivity index (χ1n) is 10.3. The average molecular weight is 411 g/mol. The number of amides is 2. The molecule has 0 saturated carbocycles. The molecule has 0 N–H and O–H groups in total. The standard InChI is InChI=1S/C24H30N2O4/c1-17-8-9-21(19(3)14-17)29-15-23(27)25-10-12-26(13-11-25)24(28)16-30-22-7-5-6-18(2)20(22)4/h5-9,14H,10-13,15-16H2,1-4H3. The molecule has 2 aromatic carbocycles. The average Bonchev–Trinajstić information content (AvgIpc) is 2.74. The van der Waals surface area contributed by atoms with Crippen LogP contribution in [0.15, 0.2) is 36.4 Å². The van der Waals surface area contributed by atoms with Gasteiger partial charge < -0.3 is 19.3 Å². The Hall–Kier alpha value is -3.02. The van der Waals surface area contributed by atoms with Crippen molar-refractivity contribution in [1.82, 2.24) is 9.80 Å². The van der Waals surface area contributed by atoms with Crippen LogP contribution < -0.4 is 9.47 Å². The Bertz CT molecular complexity index is 917. The van der Waals surface area contributed by atoms with Gasteiger partial charge in [-0.05, 0) is 56.5 Å². The number of carbonyl (C=O) groups excluding carboxylic acids is 2. The van der Waals surface area contributed by atoms with Crippen LogP contribution in [0.25, 0.3) is 0 Å². The summed E-state index contributed by atoms with van der Waals surface area (Å²) in [6.07, 6.45) is 0. The largest absolute Gasteiger partial charge is 0.484 e. The van der Waals surface area contributed by atoms with Crippen molar-refractivity contribution >= 4 is 11.8 Å². The van der Waals surface area contributed by atoms with Gasteiger partial charge in [0.2, 0.25) is 0 Å². The molecule has 0 atom stereocenters. The van der Waals surface area contributed by atoms with E-state index in [1.54, 1.807) is 9.80 Å². The molecule has 1 aliphatic heterocycles. The first kappa shape index (κ1) is 21.7. The van der Waals surface area contributed by atoms with E-state index >= 15 is 0 Å². The molecule has 0 unspecified atom stereocenters. The summed E-state index contributed by atoms with van der Waals surface area (Å²) < 4.78 is 11.4. The van der Waals surface area contributed by atoms with Gasteiger partial charge in [0.1, 0.15) is 11.5 Å². The lowest BCUT2D eigenvalue weighted by Crippen LogP contribution is -2.52. The van der Waals surface area contributed by atoms with Crippen LogP contribution in [0.4, 0.5) is 0 Å². The summed E-state index contributed by atoms with van der Waals surface area (Å²) in [6, 6.07) is 11.7. The van der Waals surface area contributed by atoms with Crippen molar-refractivity contribution in [2.24, 2.45) is 0 Å². The minimum absolute atomic E-state index is 0.00753. The smallest absolute Gasteiger partial charge is 0.260 e. The van der Waals surface area contributed by atoms with E-state index < -0.39 is 0 Å². The van der Waals surface area contributed by atoms with Gasteiger partial charge in [-0.3, -0.25) is 9.59 Å². The number of ether oxygens (including phenoxy) is 2. The molecule has 0 aliphatic carbocycles. The lowest BCUT2D eigenvalue weighted by Gasteiger charge is -2.34. The Morgan fingerprint density at radius 3 is 1.90 bits per heavy atom. The SMILES string of the molecule is Cc1ccc(OCC(=O)N2CCN(C(=O)COc3cccc(C)c3C)CC2)c(C)c1. The van der Waals surface area contributed by atoms with Crippen molar-refractivity contribution in [1.29, 1.82) is 0 Å². The first-order chi connectivity index (χ1) is 14.3. The summed E-state index contributed by atoms with van der Waals surface area (Å²) in [7, 11) is 0. The van der Waals surface area contributed by atoms with Crippen molar-refractivity contribution in [2.45, 2.75) is 27.7 Å². The molecule has 0 aromatic heterocycles. The van der Waals surface area contributed by atoms with Crippen LogP contribution in [0.2, 0.25) is 0 Å². The molecule has 0 radical (unpaired) electrons. The molecule has 2 aromatic rings. The monoisotopic (exact) mass is 410 g/mol. The number of hydrogen-bond donors (Lipinski definition) is 0. The molecule has 6 nitrogen and oxygen atoms in total. The number of benzene rings is 2. The van der Waals surface area contributed by atoms with Crippen LogP contribution in [0.1, 0.15) is 22.3 Å². The second-order valence-corrected chi connectivity index (χ2v) is 7.81. The van der Waals surface area contributed by atoms with E-state index in [4.69, 9.17) is 9.47 Å².